The highest BCUT2D eigenvalue weighted by Crippen LogP contribution is 2.30. The molecule has 2 amide bonds. The van der Waals surface area contributed by atoms with E-state index in [2.05, 4.69) is 11.9 Å². The van der Waals surface area contributed by atoms with E-state index in [9.17, 15) is 14.4 Å². The highest BCUT2D eigenvalue weighted by atomic mass is 32.1. The number of carbonyl (C=O) groups is 2. The van der Waals surface area contributed by atoms with Gasteiger partial charge in [0.25, 0.3) is 11.5 Å². The van der Waals surface area contributed by atoms with Gasteiger partial charge in [-0.2, -0.15) is 0 Å². The molecule has 1 aliphatic carbocycles. The van der Waals surface area contributed by atoms with E-state index in [1.165, 1.54) is 28.7 Å². The van der Waals surface area contributed by atoms with Crippen molar-refractivity contribution in [2.24, 2.45) is 5.92 Å². The van der Waals surface area contributed by atoms with Gasteiger partial charge in [-0.05, 0) is 44.1 Å². The minimum absolute atomic E-state index is 0.00328. The van der Waals surface area contributed by atoms with Crippen molar-refractivity contribution in [1.82, 2.24) is 19.4 Å². The Kier molecular flexibility index (Phi) is 6.46. The molecule has 168 valence electrons. The molecule has 2 aromatic rings. The number of aryl methyl sites for hydroxylation is 1. The molecule has 0 unspecified atom stereocenters. The Morgan fingerprint density at radius 3 is 2.52 bits per heavy atom. The fraction of sp³-hybridized carbons (Fsp3) is 0.652. The second kappa shape index (κ2) is 9.10. The lowest BCUT2D eigenvalue weighted by Crippen LogP contribution is -2.41. The summed E-state index contributed by atoms with van der Waals surface area (Å²) in [6, 6.07) is 0.264. The molecule has 4 rings (SSSR count). The maximum Gasteiger partial charge on any atom is 0.264 e. The van der Waals surface area contributed by atoms with E-state index in [1.807, 2.05) is 23.8 Å². The molecule has 8 heteroatoms. The fourth-order valence-electron chi connectivity index (χ4n) is 4.77. The number of nitrogens with zero attached hydrogens (tertiary/aromatic N) is 4. The minimum Gasteiger partial charge on any atom is -0.341 e. The van der Waals surface area contributed by atoms with Crippen molar-refractivity contribution in [3.63, 3.8) is 0 Å². The van der Waals surface area contributed by atoms with Gasteiger partial charge in [0.1, 0.15) is 11.4 Å². The first-order valence-electron chi connectivity index (χ1n) is 11.4. The third-order valence-corrected chi connectivity index (χ3v) is 8.18. The van der Waals surface area contributed by atoms with Gasteiger partial charge >= 0.3 is 0 Å². The van der Waals surface area contributed by atoms with Gasteiger partial charge in [-0.15, -0.1) is 11.3 Å². The van der Waals surface area contributed by atoms with Crippen LogP contribution in [0.3, 0.4) is 0 Å². The van der Waals surface area contributed by atoms with Crippen molar-refractivity contribution in [2.75, 3.05) is 20.1 Å². The van der Waals surface area contributed by atoms with Crippen LogP contribution in [0.2, 0.25) is 0 Å². The van der Waals surface area contributed by atoms with Crippen molar-refractivity contribution in [3.05, 3.63) is 27.1 Å². The summed E-state index contributed by atoms with van der Waals surface area (Å²) in [6.07, 6.45) is 9.07. The number of piperidine rings is 1. The van der Waals surface area contributed by atoms with Crippen LogP contribution in [0.15, 0.2) is 11.1 Å². The van der Waals surface area contributed by atoms with Crippen molar-refractivity contribution in [3.8, 4) is 0 Å². The predicted octanol–water partition coefficient (Wildman–Crippen LogP) is 3.43. The molecule has 1 saturated heterocycles. The fourth-order valence-corrected chi connectivity index (χ4v) is 5.90. The summed E-state index contributed by atoms with van der Waals surface area (Å²) in [5.41, 5.74) is 0.440. The van der Waals surface area contributed by atoms with Crippen LogP contribution < -0.4 is 5.56 Å². The van der Waals surface area contributed by atoms with Gasteiger partial charge in [-0.3, -0.25) is 19.0 Å². The lowest BCUT2D eigenvalue weighted by Gasteiger charge is -2.31. The quantitative estimate of drug-likeness (QED) is 0.724. The Balaban J connectivity index is 1.56. The first-order valence-corrected chi connectivity index (χ1v) is 12.2. The topological polar surface area (TPSA) is 75.5 Å². The van der Waals surface area contributed by atoms with Crippen LogP contribution >= 0.6 is 11.3 Å². The monoisotopic (exact) mass is 444 g/mol. The van der Waals surface area contributed by atoms with Gasteiger partial charge in [0, 0.05) is 26.2 Å². The van der Waals surface area contributed by atoms with Gasteiger partial charge in [-0.25, -0.2) is 4.98 Å². The molecule has 0 radical (unpaired) electrons. The maximum absolute atomic E-state index is 13.2. The third kappa shape index (κ3) is 4.40. The van der Waals surface area contributed by atoms with Crippen LogP contribution in [-0.2, 0) is 11.3 Å². The van der Waals surface area contributed by atoms with E-state index in [1.54, 1.807) is 0 Å². The molecule has 1 aliphatic heterocycles. The number of hydrogen-bond acceptors (Lipinski definition) is 5. The van der Waals surface area contributed by atoms with Gasteiger partial charge < -0.3 is 9.80 Å². The number of aromatic nitrogens is 2. The van der Waals surface area contributed by atoms with Gasteiger partial charge in [0.2, 0.25) is 5.91 Å². The van der Waals surface area contributed by atoms with Gasteiger partial charge in [-0.1, -0.05) is 26.2 Å². The van der Waals surface area contributed by atoms with Crippen LogP contribution in [0.4, 0.5) is 0 Å². The highest BCUT2D eigenvalue weighted by Gasteiger charge is 2.27. The summed E-state index contributed by atoms with van der Waals surface area (Å²) in [5.74, 6) is 0.564. The molecular weight excluding hydrogens is 412 g/mol. The summed E-state index contributed by atoms with van der Waals surface area (Å²) in [5, 5.41) is 0.466. The summed E-state index contributed by atoms with van der Waals surface area (Å²) >= 11 is 1.28. The van der Waals surface area contributed by atoms with Crippen molar-refractivity contribution < 1.29 is 9.59 Å². The average molecular weight is 445 g/mol. The molecule has 0 N–H and O–H groups in total. The second-order valence-corrected chi connectivity index (χ2v) is 10.2. The molecule has 2 aromatic heterocycles. The number of thiophene rings is 1. The lowest BCUT2D eigenvalue weighted by molar-refractivity contribution is -0.133. The summed E-state index contributed by atoms with van der Waals surface area (Å²) < 4.78 is 1.39. The smallest absolute Gasteiger partial charge is 0.264 e. The molecule has 31 heavy (non-hydrogen) atoms. The van der Waals surface area contributed by atoms with Gasteiger partial charge in [0.05, 0.1) is 16.6 Å². The molecule has 0 spiro atoms. The first-order chi connectivity index (χ1) is 14.9. The van der Waals surface area contributed by atoms with Crippen LogP contribution in [0, 0.1) is 12.8 Å². The van der Waals surface area contributed by atoms with E-state index in [0.29, 0.717) is 26.6 Å². The number of fused-ring (bicyclic) bond motifs is 1. The zero-order valence-electron chi connectivity index (χ0n) is 18.7. The third-order valence-electron chi connectivity index (χ3n) is 7.00. The van der Waals surface area contributed by atoms with E-state index < -0.39 is 0 Å². The Hall–Kier alpha value is -2.22. The highest BCUT2D eigenvalue weighted by molar-refractivity contribution is 7.20. The summed E-state index contributed by atoms with van der Waals surface area (Å²) in [6.45, 7) is 5.51. The zero-order chi connectivity index (χ0) is 22.1. The molecule has 2 fully saturated rings. The van der Waals surface area contributed by atoms with Gasteiger partial charge in [0.15, 0.2) is 0 Å². The van der Waals surface area contributed by atoms with Crippen molar-refractivity contribution in [2.45, 2.75) is 71.4 Å². The average Bonchev–Trinajstić information content (AvgIpc) is 3.12. The van der Waals surface area contributed by atoms with Crippen LogP contribution in [0.5, 0.6) is 0 Å². The zero-order valence-corrected chi connectivity index (χ0v) is 19.5. The number of hydrogen-bond donors (Lipinski definition) is 0. The molecule has 7 nitrogen and oxygen atoms in total. The molecular formula is C23H32N4O3S. The SMILES string of the molecule is Cc1c(C(=O)N(C)C2CCCCC2)sc2ncn(CC(=O)N3CCC(C)CC3)c(=O)c12. The molecule has 2 aliphatic rings. The Bertz CT molecular complexity index is 1030. The second-order valence-electron chi connectivity index (χ2n) is 9.19. The number of amides is 2. The molecule has 3 heterocycles. The summed E-state index contributed by atoms with van der Waals surface area (Å²) in [7, 11) is 1.87. The molecule has 0 aromatic carbocycles. The van der Waals surface area contributed by atoms with Crippen LogP contribution in [-0.4, -0.2) is 57.3 Å². The molecule has 0 bridgehead atoms. The standard InChI is InChI=1S/C23H32N4O3S/c1-15-9-11-26(12-10-15)18(28)13-27-14-24-21-19(22(27)29)16(2)20(31-21)23(30)25(3)17-7-5-4-6-8-17/h14-15,17H,4-13H2,1-3H3. The van der Waals surface area contributed by atoms with E-state index in [0.717, 1.165) is 51.6 Å². The lowest BCUT2D eigenvalue weighted by atomic mass is 9.94. The van der Waals surface area contributed by atoms with E-state index >= 15 is 0 Å². The molecule has 1 saturated carbocycles. The largest absolute Gasteiger partial charge is 0.341 e. The molecule has 0 atom stereocenters. The maximum atomic E-state index is 13.2. The van der Waals surface area contributed by atoms with E-state index in [4.69, 9.17) is 0 Å². The number of carbonyl (C=O) groups excluding carboxylic acids is 2. The predicted molar refractivity (Wildman–Crippen MR) is 123 cm³/mol. The normalized spacial score (nSPS) is 18.5. The Morgan fingerprint density at radius 2 is 1.84 bits per heavy atom. The van der Waals surface area contributed by atoms with Crippen LogP contribution in [0.1, 0.15) is 67.1 Å². The number of likely N-dealkylation sites (tertiary alicyclic amines) is 1. The van der Waals surface area contributed by atoms with Crippen LogP contribution in [0.25, 0.3) is 10.2 Å². The first kappa shape index (κ1) is 22.0. The number of rotatable bonds is 4. The van der Waals surface area contributed by atoms with Crippen molar-refractivity contribution >= 4 is 33.4 Å². The van der Waals surface area contributed by atoms with E-state index in [-0.39, 0.29) is 30.0 Å². The summed E-state index contributed by atoms with van der Waals surface area (Å²) in [4.78, 5) is 48.3. The Labute approximate surface area is 187 Å². The van der Waals surface area contributed by atoms with Crippen molar-refractivity contribution in [1.29, 1.82) is 0 Å². The minimum atomic E-state index is -0.239. The Morgan fingerprint density at radius 1 is 1.16 bits per heavy atom.